The van der Waals surface area contributed by atoms with Crippen molar-refractivity contribution in [1.82, 2.24) is 0 Å². The van der Waals surface area contributed by atoms with Crippen LogP contribution in [0.5, 0.6) is 0 Å². The molecule has 2 aromatic carbocycles. The minimum absolute atomic E-state index is 0.0105. The zero-order valence-electron chi connectivity index (χ0n) is 12.6. The Balaban J connectivity index is 2.39. The number of nitrogens with one attached hydrogen (secondary N) is 1. The molecule has 0 fully saturated rings. The lowest BCUT2D eigenvalue weighted by Gasteiger charge is -2.12. The lowest BCUT2D eigenvalue weighted by atomic mass is 10.1. The predicted molar refractivity (Wildman–Crippen MR) is 84.5 cm³/mol. The zero-order chi connectivity index (χ0) is 16.3. The molecule has 0 aliphatic rings. The van der Waals surface area contributed by atoms with Crippen LogP contribution in [0.1, 0.15) is 21.5 Å². The van der Waals surface area contributed by atoms with Crippen LogP contribution in [0.2, 0.25) is 0 Å². The Labute approximate surface area is 130 Å². The second kappa shape index (κ2) is 6.19. The first-order valence-electron chi connectivity index (χ1n) is 6.62. The van der Waals surface area contributed by atoms with E-state index in [2.05, 4.69) is 9.46 Å². The monoisotopic (exact) mass is 319 g/mol. The van der Waals surface area contributed by atoms with Crippen molar-refractivity contribution >= 4 is 21.7 Å². The number of hydrogen-bond acceptors (Lipinski definition) is 4. The SMILES string of the molecule is COC(=O)c1cccc(S(=O)(=O)Nc2cccc(C)c2C)c1. The van der Waals surface area contributed by atoms with Crippen LogP contribution in [-0.2, 0) is 14.8 Å². The van der Waals surface area contributed by atoms with E-state index in [1.54, 1.807) is 12.1 Å². The Morgan fingerprint density at radius 1 is 1.09 bits per heavy atom. The van der Waals surface area contributed by atoms with E-state index in [0.717, 1.165) is 11.1 Å². The number of methoxy groups -OCH3 is 1. The van der Waals surface area contributed by atoms with Gasteiger partial charge in [-0.3, -0.25) is 4.72 Å². The molecule has 0 aliphatic carbocycles. The van der Waals surface area contributed by atoms with Crippen molar-refractivity contribution in [3.63, 3.8) is 0 Å². The summed E-state index contributed by atoms with van der Waals surface area (Å²) in [7, 11) is -2.53. The Morgan fingerprint density at radius 2 is 1.77 bits per heavy atom. The quantitative estimate of drug-likeness (QED) is 0.880. The van der Waals surface area contributed by atoms with Gasteiger partial charge in [-0.25, -0.2) is 13.2 Å². The smallest absolute Gasteiger partial charge is 0.337 e. The van der Waals surface area contributed by atoms with Crippen LogP contribution in [0, 0.1) is 13.8 Å². The van der Waals surface area contributed by atoms with Crippen LogP contribution in [0.4, 0.5) is 5.69 Å². The normalized spacial score (nSPS) is 11.0. The Hall–Kier alpha value is -2.34. The van der Waals surface area contributed by atoms with Gasteiger partial charge in [0.2, 0.25) is 0 Å². The molecule has 2 rings (SSSR count). The van der Waals surface area contributed by atoms with Gasteiger partial charge in [0.15, 0.2) is 0 Å². The summed E-state index contributed by atoms with van der Waals surface area (Å²) in [5.74, 6) is -0.580. The molecule has 5 nitrogen and oxygen atoms in total. The Morgan fingerprint density at radius 3 is 2.45 bits per heavy atom. The number of aryl methyl sites for hydroxylation is 1. The third-order valence-electron chi connectivity index (χ3n) is 3.41. The summed E-state index contributed by atoms with van der Waals surface area (Å²) in [5.41, 5.74) is 2.55. The molecule has 0 unspecified atom stereocenters. The van der Waals surface area contributed by atoms with Gasteiger partial charge in [-0.1, -0.05) is 18.2 Å². The van der Waals surface area contributed by atoms with Gasteiger partial charge in [-0.2, -0.15) is 0 Å². The standard InChI is InChI=1S/C16H17NO4S/c1-11-6-4-9-15(12(11)2)17-22(19,20)14-8-5-7-13(10-14)16(18)21-3/h4-10,17H,1-3H3. The summed E-state index contributed by atoms with van der Waals surface area (Å²) < 4.78 is 32.1. The van der Waals surface area contributed by atoms with E-state index in [9.17, 15) is 13.2 Å². The van der Waals surface area contributed by atoms with E-state index in [-0.39, 0.29) is 10.5 Å². The number of hydrogen-bond donors (Lipinski definition) is 1. The number of esters is 1. The first kappa shape index (κ1) is 16.0. The molecule has 0 aromatic heterocycles. The van der Waals surface area contributed by atoms with Gasteiger partial charge in [-0.15, -0.1) is 0 Å². The number of carbonyl (C=O) groups is 1. The van der Waals surface area contributed by atoms with Gasteiger partial charge in [0, 0.05) is 0 Å². The van der Waals surface area contributed by atoms with E-state index in [1.807, 2.05) is 19.9 Å². The van der Waals surface area contributed by atoms with Gasteiger partial charge < -0.3 is 4.74 Å². The molecule has 116 valence electrons. The maximum atomic E-state index is 12.5. The molecule has 0 heterocycles. The maximum Gasteiger partial charge on any atom is 0.337 e. The molecule has 2 aromatic rings. The Bertz CT molecular complexity index is 813. The number of carbonyl (C=O) groups excluding carboxylic acids is 1. The fourth-order valence-electron chi connectivity index (χ4n) is 1.97. The molecular formula is C16H17NO4S. The Kier molecular flexibility index (Phi) is 4.51. The first-order valence-corrected chi connectivity index (χ1v) is 8.11. The molecule has 0 saturated heterocycles. The van der Waals surface area contributed by atoms with Crippen LogP contribution >= 0.6 is 0 Å². The van der Waals surface area contributed by atoms with E-state index in [4.69, 9.17) is 0 Å². The lowest BCUT2D eigenvalue weighted by Crippen LogP contribution is -2.15. The molecule has 0 radical (unpaired) electrons. The number of anilines is 1. The van der Waals surface area contributed by atoms with Crippen molar-refractivity contribution in [3.8, 4) is 0 Å². The molecule has 0 atom stereocenters. The minimum atomic E-state index is -3.77. The van der Waals surface area contributed by atoms with Crippen LogP contribution in [0.25, 0.3) is 0 Å². The van der Waals surface area contributed by atoms with Gasteiger partial charge in [-0.05, 0) is 49.2 Å². The largest absolute Gasteiger partial charge is 0.465 e. The molecule has 0 spiro atoms. The molecular weight excluding hydrogens is 302 g/mol. The van der Waals surface area contributed by atoms with Gasteiger partial charge in [0.25, 0.3) is 10.0 Å². The second-order valence-corrected chi connectivity index (χ2v) is 6.55. The summed E-state index contributed by atoms with van der Waals surface area (Å²) in [6, 6.07) is 11.1. The minimum Gasteiger partial charge on any atom is -0.465 e. The topological polar surface area (TPSA) is 72.5 Å². The summed E-state index contributed by atoms with van der Waals surface area (Å²) in [6.45, 7) is 3.75. The highest BCUT2D eigenvalue weighted by molar-refractivity contribution is 7.92. The predicted octanol–water partition coefficient (Wildman–Crippen LogP) is 2.89. The van der Waals surface area contributed by atoms with Crippen molar-refractivity contribution in [2.75, 3.05) is 11.8 Å². The maximum absolute atomic E-state index is 12.5. The van der Waals surface area contributed by atoms with Crippen LogP contribution < -0.4 is 4.72 Å². The van der Waals surface area contributed by atoms with E-state index in [0.29, 0.717) is 5.69 Å². The summed E-state index contributed by atoms with van der Waals surface area (Å²) in [6.07, 6.45) is 0. The number of benzene rings is 2. The van der Waals surface area contributed by atoms with E-state index in [1.165, 1.54) is 31.4 Å². The fraction of sp³-hybridized carbons (Fsp3) is 0.188. The molecule has 0 amide bonds. The third-order valence-corrected chi connectivity index (χ3v) is 4.78. The van der Waals surface area contributed by atoms with E-state index >= 15 is 0 Å². The van der Waals surface area contributed by atoms with Gasteiger partial charge >= 0.3 is 5.97 Å². The fourth-order valence-corrected chi connectivity index (χ4v) is 3.14. The second-order valence-electron chi connectivity index (χ2n) is 4.87. The van der Waals surface area contributed by atoms with Crippen molar-refractivity contribution in [2.45, 2.75) is 18.7 Å². The lowest BCUT2D eigenvalue weighted by molar-refractivity contribution is 0.0600. The average molecular weight is 319 g/mol. The molecule has 0 bridgehead atoms. The zero-order valence-corrected chi connectivity index (χ0v) is 13.4. The molecule has 1 N–H and O–H groups in total. The van der Waals surface area contributed by atoms with Crippen LogP contribution in [-0.4, -0.2) is 21.5 Å². The number of sulfonamides is 1. The summed E-state index contributed by atoms with van der Waals surface area (Å²) in [5, 5.41) is 0. The van der Waals surface area contributed by atoms with Crippen LogP contribution in [0.15, 0.2) is 47.4 Å². The molecule has 22 heavy (non-hydrogen) atoms. The highest BCUT2D eigenvalue weighted by atomic mass is 32.2. The average Bonchev–Trinajstić information content (AvgIpc) is 2.51. The van der Waals surface area contributed by atoms with Crippen LogP contribution in [0.3, 0.4) is 0 Å². The van der Waals surface area contributed by atoms with Crippen molar-refractivity contribution in [3.05, 3.63) is 59.2 Å². The summed E-state index contributed by atoms with van der Waals surface area (Å²) >= 11 is 0. The van der Waals surface area contributed by atoms with Gasteiger partial charge in [0.05, 0.1) is 23.3 Å². The van der Waals surface area contributed by atoms with E-state index < -0.39 is 16.0 Å². The van der Waals surface area contributed by atoms with Crippen molar-refractivity contribution < 1.29 is 17.9 Å². The highest BCUT2D eigenvalue weighted by Crippen LogP contribution is 2.22. The molecule has 0 aliphatic heterocycles. The molecule has 0 saturated carbocycles. The highest BCUT2D eigenvalue weighted by Gasteiger charge is 2.17. The van der Waals surface area contributed by atoms with Crippen molar-refractivity contribution in [2.24, 2.45) is 0 Å². The molecule has 6 heteroatoms. The number of ether oxygens (including phenoxy) is 1. The summed E-state index contributed by atoms with van der Waals surface area (Å²) in [4.78, 5) is 11.5. The van der Waals surface area contributed by atoms with Gasteiger partial charge in [0.1, 0.15) is 0 Å². The third kappa shape index (κ3) is 3.28. The number of rotatable bonds is 4. The first-order chi connectivity index (χ1) is 10.3. The van der Waals surface area contributed by atoms with Crippen molar-refractivity contribution in [1.29, 1.82) is 0 Å².